The number of nitrogens with one attached hydrogen (secondary N) is 1. The van der Waals surface area contributed by atoms with E-state index in [-0.39, 0.29) is 5.69 Å². The number of alkyl halides is 3. The van der Waals surface area contributed by atoms with Gasteiger partial charge < -0.3 is 0 Å². The Kier molecular flexibility index (Phi) is 3.78. The maximum absolute atomic E-state index is 12.4. The Balaban J connectivity index is 2.44. The number of rotatable bonds is 3. The van der Waals surface area contributed by atoms with Crippen molar-refractivity contribution in [2.75, 3.05) is 6.61 Å². The molecule has 0 spiro atoms. The van der Waals surface area contributed by atoms with Crippen LogP contribution in [0.1, 0.15) is 10.5 Å². The molecule has 0 bridgehead atoms. The minimum atomic E-state index is -4.54. The molecule has 0 aliphatic heterocycles. The first kappa shape index (κ1) is 12.4. The Hall–Kier alpha value is -1.70. The molecular formula is C8H6F4N2O2. The van der Waals surface area contributed by atoms with E-state index in [4.69, 9.17) is 0 Å². The molecule has 16 heavy (non-hydrogen) atoms. The van der Waals surface area contributed by atoms with Crippen LogP contribution < -0.4 is 5.48 Å². The summed E-state index contributed by atoms with van der Waals surface area (Å²) in [6, 6.07) is 1.97. The molecule has 88 valence electrons. The molecule has 0 saturated heterocycles. The van der Waals surface area contributed by atoms with Crippen molar-refractivity contribution in [1.29, 1.82) is 0 Å². The predicted octanol–water partition coefficient (Wildman–Crippen LogP) is 1.44. The van der Waals surface area contributed by atoms with Crippen LogP contribution in [-0.4, -0.2) is 23.7 Å². The molecule has 0 unspecified atom stereocenters. The summed E-state index contributed by atoms with van der Waals surface area (Å²) in [5.74, 6) is -1.64. The van der Waals surface area contributed by atoms with Crippen molar-refractivity contribution in [2.45, 2.75) is 6.18 Å². The second kappa shape index (κ2) is 4.88. The van der Waals surface area contributed by atoms with Crippen molar-refractivity contribution in [3.8, 4) is 0 Å². The summed E-state index contributed by atoms with van der Waals surface area (Å²) < 4.78 is 47.2. The first-order valence-corrected chi connectivity index (χ1v) is 3.99. The van der Waals surface area contributed by atoms with Crippen LogP contribution in [-0.2, 0) is 4.84 Å². The summed E-state index contributed by atoms with van der Waals surface area (Å²) in [6.45, 7) is -1.61. The van der Waals surface area contributed by atoms with E-state index in [1.165, 1.54) is 5.48 Å². The molecule has 0 aliphatic rings. The van der Waals surface area contributed by atoms with E-state index in [9.17, 15) is 22.4 Å². The SMILES string of the molecule is O=C(NOCC(F)(F)F)c1ccc(F)cn1. The van der Waals surface area contributed by atoms with Gasteiger partial charge in [0.05, 0.1) is 6.20 Å². The van der Waals surface area contributed by atoms with Gasteiger partial charge in [-0.05, 0) is 12.1 Å². The van der Waals surface area contributed by atoms with Crippen molar-refractivity contribution in [2.24, 2.45) is 0 Å². The first-order chi connectivity index (χ1) is 7.38. The van der Waals surface area contributed by atoms with Gasteiger partial charge in [-0.2, -0.15) is 13.2 Å². The number of pyridine rings is 1. The Bertz CT molecular complexity index is 363. The van der Waals surface area contributed by atoms with Crippen LogP contribution in [0.25, 0.3) is 0 Å². The number of hydrogen-bond donors (Lipinski definition) is 1. The zero-order chi connectivity index (χ0) is 12.2. The van der Waals surface area contributed by atoms with Crippen molar-refractivity contribution in [3.63, 3.8) is 0 Å². The summed E-state index contributed by atoms with van der Waals surface area (Å²) in [6.07, 6.45) is -3.78. The van der Waals surface area contributed by atoms with Crippen LogP contribution in [0.15, 0.2) is 18.3 Å². The molecule has 1 rings (SSSR count). The Labute approximate surface area is 87.2 Å². The van der Waals surface area contributed by atoms with E-state index in [0.717, 1.165) is 18.3 Å². The predicted molar refractivity (Wildman–Crippen MR) is 43.7 cm³/mol. The van der Waals surface area contributed by atoms with Crippen molar-refractivity contribution >= 4 is 5.91 Å². The zero-order valence-electron chi connectivity index (χ0n) is 7.71. The molecule has 0 fully saturated rings. The fraction of sp³-hybridized carbons (Fsp3) is 0.250. The standard InChI is InChI=1S/C8H6F4N2O2/c9-5-1-2-6(13-3-5)7(15)14-16-4-8(10,11)12/h1-3H,4H2,(H,14,15). The van der Waals surface area contributed by atoms with Gasteiger partial charge in [0.15, 0.2) is 6.61 Å². The van der Waals surface area contributed by atoms with E-state index in [1.807, 2.05) is 0 Å². The number of halogens is 4. The second-order valence-electron chi connectivity index (χ2n) is 2.70. The molecule has 1 aromatic rings. The molecule has 1 heterocycles. The maximum Gasteiger partial charge on any atom is 0.414 e. The number of aromatic nitrogens is 1. The average Bonchev–Trinajstić information content (AvgIpc) is 2.16. The fourth-order valence-electron chi connectivity index (χ4n) is 0.746. The van der Waals surface area contributed by atoms with Crippen LogP contribution in [0.4, 0.5) is 17.6 Å². The molecule has 0 radical (unpaired) electrons. The molecule has 8 heteroatoms. The van der Waals surface area contributed by atoms with Gasteiger partial charge in [-0.25, -0.2) is 14.9 Å². The lowest BCUT2D eigenvalue weighted by Crippen LogP contribution is -2.30. The Morgan fingerprint density at radius 1 is 1.44 bits per heavy atom. The van der Waals surface area contributed by atoms with Crippen molar-refractivity contribution in [1.82, 2.24) is 10.5 Å². The number of carbonyl (C=O) groups is 1. The van der Waals surface area contributed by atoms with Gasteiger partial charge in [-0.1, -0.05) is 0 Å². The zero-order valence-corrected chi connectivity index (χ0v) is 7.71. The molecule has 0 atom stereocenters. The van der Waals surface area contributed by atoms with Crippen molar-refractivity contribution < 1.29 is 27.2 Å². The van der Waals surface area contributed by atoms with Crippen LogP contribution in [0.5, 0.6) is 0 Å². The molecule has 0 aliphatic carbocycles. The number of amides is 1. The van der Waals surface area contributed by atoms with E-state index in [0.29, 0.717) is 0 Å². The van der Waals surface area contributed by atoms with Gasteiger partial charge in [0, 0.05) is 0 Å². The van der Waals surface area contributed by atoms with Gasteiger partial charge in [0.1, 0.15) is 11.5 Å². The summed E-state index contributed by atoms with van der Waals surface area (Å²) in [5, 5.41) is 0. The minimum Gasteiger partial charge on any atom is -0.265 e. The third-order valence-corrected chi connectivity index (χ3v) is 1.36. The maximum atomic E-state index is 12.4. The number of hydroxylamine groups is 1. The summed E-state index contributed by atoms with van der Waals surface area (Å²) in [7, 11) is 0. The highest BCUT2D eigenvalue weighted by molar-refractivity contribution is 5.91. The molecule has 1 N–H and O–H groups in total. The third kappa shape index (κ3) is 4.22. The van der Waals surface area contributed by atoms with Gasteiger partial charge in [-0.15, -0.1) is 0 Å². The topological polar surface area (TPSA) is 51.2 Å². The summed E-state index contributed by atoms with van der Waals surface area (Å²) in [4.78, 5) is 18.3. The van der Waals surface area contributed by atoms with Crippen LogP contribution in [0.3, 0.4) is 0 Å². The summed E-state index contributed by atoms with van der Waals surface area (Å²) >= 11 is 0. The van der Waals surface area contributed by atoms with Crippen LogP contribution in [0, 0.1) is 5.82 Å². The number of nitrogens with zero attached hydrogens (tertiary/aromatic N) is 1. The van der Waals surface area contributed by atoms with E-state index >= 15 is 0 Å². The molecule has 1 aromatic heterocycles. The van der Waals surface area contributed by atoms with Gasteiger partial charge in [0.2, 0.25) is 0 Å². The highest BCUT2D eigenvalue weighted by atomic mass is 19.4. The first-order valence-electron chi connectivity index (χ1n) is 3.99. The summed E-state index contributed by atoms with van der Waals surface area (Å²) in [5.41, 5.74) is 1.28. The Morgan fingerprint density at radius 2 is 2.12 bits per heavy atom. The second-order valence-corrected chi connectivity index (χ2v) is 2.70. The van der Waals surface area contributed by atoms with E-state index in [1.54, 1.807) is 0 Å². The van der Waals surface area contributed by atoms with Gasteiger partial charge in [-0.3, -0.25) is 9.63 Å². The molecule has 0 aromatic carbocycles. The lowest BCUT2D eigenvalue weighted by molar-refractivity contribution is -0.184. The van der Waals surface area contributed by atoms with E-state index in [2.05, 4.69) is 9.82 Å². The quantitative estimate of drug-likeness (QED) is 0.640. The van der Waals surface area contributed by atoms with Crippen LogP contribution in [0.2, 0.25) is 0 Å². The van der Waals surface area contributed by atoms with E-state index < -0.39 is 24.5 Å². The highest BCUT2D eigenvalue weighted by Gasteiger charge is 2.28. The molecule has 4 nitrogen and oxygen atoms in total. The van der Waals surface area contributed by atoms with Crippen LogP contribution >= 0.6 is 0 Å². The molecule has 1 amide bonds. The molecule has 0 saturated carbocycles. The largest absolute Gasteiger partial charge is 0.414 e. The molecular weight excluding hydrogens is 232 g/mol. The lowest BCUT2D eigenvalue weighted by Gasteiger charge is -2.07. The van der Waals surface area contributed by atoms with Crippen molar-refractivity contribution in [3.05, 3.63) is 29.8 Å². The van der Waals surface area contributed by atoms with Gasteiger partial charge in [0.25, 0.3) is 5.91 Å². The number of hydrogen-bond acceptors (Lipinski definition) is 3. The monoisotopic (exact) mass is 238 g/mol. The number of carbonyl (C=O) groups excluding carboxylic acids is 1. The lowest BCUT2D eigenvalue weighted by atomic mass is 10.3. The smallest absolute Gasteiger partial charge is 0.265 e. The average molecular weight is 238 g/mol. The fourth-order valence-corrected chi connectivity index (χ4v) is 0.746. The minimum absolute atomic E-state index is 0.247. The Morgan fingerprint density at radius 3 is 2.62 bits per heavy atom. The normalized spacial score (nSPS) is 11.2. The third-order valence-electron chi connectivity index (χ3n) is 1.36. The van der Waals surface area contributed by atoms with Gasteiger partial charge >= 0.3 is 6.18 Å². The highest BCUT2D eigenvalue weighted by Crippen LogP contribution is 2.13.